The van der Waals surface area contributed by atoms with Gasteiger partial charge in [0.1, 0.15) is 0 Å². The van der Waals surface area contributed by atoms with Gasteiger partial charge < -0.3 is 10.2 Å². The Hall–Kier alpha value is -1.06. The van der Waals surface area contributed by atoms with E-state index in [2.05, 4.69) is 67.1 Å². The summed E-state index contributed by atoms with van der Waals surface area (Å²) in [6.07, 6.45) is 1.23. The smallest absolute Gasteiger partial charge is 0.0369 e. The van der Waals surface area contributed by atoms with Gasteiger partial charge in [-0.3, -0.25) is 4.90 Å². The van der Waals surface area contributed by atoms with Crippen LogP contribution in [0.4, 0.5) is 5.69 Å². The molecular weight excluding hydrogens is 258 g/mol. The van der Waals surface area contributed by atoms with Crippen molar-refractivity contribution in [2.45, 2.75) is 46.2 Å². The Morgan fingerprint density at radius 1 is 1.14 bits per heavy atom. The van der Waals surface area contributed by atoms with E-state index in [9.17, 15) is 0 Å². The van der Waals surface area contributed by atoms with E-state index in [-0.39, 0.29) is 0 Å². The summed E-state index contributed by atoms with van der Waals surface area (Å²) in [5, 5.41) is 3.59. The number of anilines is 1. The fourth-order valence-electron chi connectivity index (χ4n) is 3.07. The maximum absolute atomic E-state index is 3.59. The van der Waals surface area contributed by atoms with Gasteiger partial charge in [-0.25, -0.2) is 0 Å². The number of nitrogens with one attached hydrogen (secondary N) is 1. The highest BCUT2D eigenvalue weighted by Crippen LogP contribution is 2.19. The Morgan fingerprint density at radius 3 is 2.43 bits per heavy atom. The SMILES string of the molecule is CCC(CNC(C)C)N1CCN(c2cccc(C)c2)CC1. The summed E-state index contributed by atoms with van der Waals surface area (Å²) in [6, 6.07) is 10.1. The fourth-order valence-corrected chi connectivity index (χ4v) is 3.07. The van der Waals surface area contributed by atoms with Crippen LogP contribution in [0.5, 0.6) is 0 Å². The first-order valence-electron chi connectivity index (χ1n) is 8.39. The Labute approximate surface area is 130 Å². The van der Waals surface area contributed by atoms with E-state index in [4.69, 9.17) is 0 Å². The van der Waals surface area contributed by atoms with E-state index in [0.29, 0.717) is 12.1 Å². The van der Waals surface area contributed by atoms with Crippen molar-refractivity contribution in [3.63, 3.8) is 0 Å². The molecule has 0 saturated carbocycles. The maximum Gasteiger partial charge on any atom is 0.0369 e. The summed E-state index contributed by atoms with van der Waals surface area (Å²) in [6.45, 7) is 14.7. The summed E-state index contributed by atoms with van der Waals surface area (Å²) in [7, 11) is 0. The van der Waals surface area contributed by atoms with Crippen molar-refractivity contribution >= 4 is 5.69 Å². The van der Waals surface area contributed by atoms with Crippen LogP contribution >= 0.6 is 0 Å². The van der Waals surface area contributed by atoms with Gasteiger partial charge in [0, 0.05) is 50.5 Å². The molecule has 0 aromatic heterocycles. The first-order chi connectivity index (χ1) is 10.1. The Balaban J connectivity index is 1.87. The molecule has 2 rings (SSSR count). The van der Waals surface area contributed by atoms with Crippen molar-refractivity contribution < 1.29 is 0 Å². The lowest BCUT2D eigenvalue weighted by Crippen LogP contribution is -2.53. The third-order valence-corrected chi connectivity index (χ3v) is 4.43. The van der Waals surface area contributed by atoms with Crippen LogP contribution < -0.4 is 10.2 Å². The number of hydrogen-bond donors (Lipinski definition) is 1. The van der Waals surface area contributed by atoms with Crippen LogP contribution in [0.15, 0.2) is 24.3 Å². The lowest BCUT2D eigenvalue weighted by molar-refractivity contribution is 0.174. The minimum absolute atomic E-state index is 0.577. The minimum Gasteiger partial charge on any atom is -0.369 e. The average Bonchev–Trinajstić information content (AvgIpc) is 2.48. The van der Waals surface area contributed by atoms with E-state index >= 15 is 0 Å². The summed E-state index contributed by atoms with van der Waals surface area (Å²) in [4.78, 5) is 5.17. The molecule has 1 aromatic carbocycles. The molecular formula is C18H31N3. The summed E-state index contributed by atoms with van der Waals surface area (Å²) >= 11 is 0. The molecule has 21 heavy (non-hydrogen) atoms. The Morgan fingerprint density at radius 2 is 1.86 bits per heavy atom. The third-order valence-electron chi connectivity index (χ3n) is 4.43. The standard InChI is InChI=1S/C18H31N3/c1-5-17(14-19-15(2)3)20-9-11-21(12-10-20)18-8-6-7-16(4)13-18/h6-8,13,15,17,19H,5,9-12,14H2,1-4H3. The van der Waals surface area contributed by atoms with Gasteiger partial charge in [0.05, 0.1) is 0 Å². The van der Waals surface area contributed by atoms with Crippen LogP contribution in [-0.4, -0.2) is 49.7 Å². The van der Waals surface area contributed by atoms with E-state index in [1.807, 2.05) is 0 Å². The van der Waals surface area contributed by atoms with Gasteiger partial charge in [-0.15, -0.1) is 0 Å². The number of benzene rings is 1. The van der Waals surface area contributed by atoms with Crippen LogP contribution in [0, 0.1) is 6.92 Å². The molecule has 1 aromatic rings. The monoisotopic (exact) mass is 289 g/mol. The molecule has 118 valence electrons. The predicted octanol–water partition coefficient (Wildman–Crippen LogP) is 2.89. The van der Waals surface area contributed by atoms with E-state index in [0.717, 1.165) is 19.6 Å². The summed E-state index contributed by atoms with van der Waals surface area (Å²) < 4.78 is 0. The highest BCUT2D eigenvalue weighted by atomic mass is 15.3. The molecule has 0 radical (unpaired) electrons. The van der Waals surface area contributed by atoms with Crippen LogP contribution in [0.1, 0.15) is 32.8 Å². The van der Waals surface area contributed by atoms with Gasteiger partial charge in [0.15, 0.2) is 0 Å². The summed E-state index contributed by atoms with van der Waals surface area (Å²) in [5.74, 6) is 0. The van der Waals surface area contributed by atoms with Crippen LogP contribution in [0.25, 0.3) is 0 Å². The zero-order chi connectivity index (χ0) is 15.2. The van der Waals surface area contributed by atoms with Crippen molar-refractivity contribution in [2.24, 2.45) is 0 Å². The van der Waals surface area contributed by atoms with Gasteiger partial charge >= 0.3 is 0 Å². The molecule has 1 unspecified atom stereocenters. The predicted molar refractivity (Wildman–Crippen MR) is 92.2 cm³/mol. The molecule has 1 aliphatic rings. The zero-order valence-corrected chi connectivity index (χ0v) is 14.1. The second kappa shape index (κ2) is 7.81. The zero-order valence-electron chi connectivity index (χ0n) is 14.1. The van der Waals surface area contributed by atoms with Gasteiger partial charge in [-0.2, -0.15) is 0 Å². The van der Waals surface area contributed by atoms with Crippen molar-refractivity contribution in [3.8, 4) is 0 Å². The maximum atomic E-state index is 3.59. The molecule has 0 spiro atoms. The second-order valence-corrected chi connectivity index (χ2v) is 6.49. The lowest BCUT2D eigenvalue weighted by atomic mass is 10.1. The van der Waals surface area contributed by atoms with Crippen LogP contribution in [0.3, 0.4) is 0 Å². The molecule has 3 nitrogen and oxygen atoms in total. The molecule has 1 N–H and O–H groups in total. The number of rotatable bonds is 6. The van der Waals surface area contributed by atoms with Gasteiger partial charge in [0.25, 0.3) is 0 Å². The fraction of sp³-hybridized carbons (Fsp3) is 0.667. The molecule has 1 atom stereocenters. The quantitative estimate of drug-likeness (QED) is 0.869. The summed E-state index contributed by atoms with van der Waals surface area (Å²) in [5.41, 5.74) is 2.73. The van der Waals surface area contributed by atoms with Gasteiger partial charge in [-0.1, -0.05) is 32.9 Å². The first kappa shape index (κ1) is 16.3. The van der Waals surface area contributed by atoms with Crippen molar-refractivity contribution in [2.75, 3.05) is 37.6 Å². The van der Waals surface area contributed by atoms with Crippen LogP contribution in [0.2, 0.25) is 0 Å². The molecule has 3 heteroatoms. The topological polar surface area (TPSA) is 18.5 Å². The highest BCUT2D eigenvalue weighted by Gasteiger charge is 2.22. The third kappa shape index (κ3) is 4.72. The van der Waals surface area contributed by atoms with Crippen molar-refractivity contribution in [3.05, 3.63) is 29.8 Å². The number of aryl methyl sites for hydroxylation is 1. The van der Waals surface area contributed by atoms with E-state index < -0.39 is 0 Å². The minimum atomic E-state index is 0.577. The van der Waals surface area contributed by atoms with Crippen molar-refractivity contribution in [1.29, 1.82) is 0 Å². The number of hydrogen-bond acceptors (Lipinski definition) is 3. The molecule has 1 fully saturated rings. The Kier molecular flexibility index (Phi) is 6.07. The Bertz CT molecular complexity index is 422. The van der Waals surface area contributed by atoms with E-state index in [1.165, 1.54) is 30.8 Å². The normalized spacial score (nSPS) is 18.2. The first-order valence-corrected chi connectivity index (χ1v) is 8.39. The second-order valence-electron chi connectivity index (χ2n) is 6.49. The lowest BCUT2D eigenvalue weighted by Gasteiger charge is -2.40. The molecule has 1 saturated heterocycles. The van der Waals surface area contributed by atoms with Crippen LogP contribution in [-0.2, 0) is 0 Å². The molecule has 0 aliphatic carbocycles. The highest BCUT2D eigenvalue weighted by molar-refractivity contribution is 5.48. The van der Waals surface area contributed by atoms with Crippen molar-refractivity contribution in [1.82, 2.24) is 10.2 Å². The molecule has 0 bridgehead atoms. The number of nitrogens with zero attached hydrogens (tertiary/aromatic N) is 2. The number of piperazine rings is 1. The molecule has 1 heterocycles. The van der Waals surface area contributed by atoms with Gasteiger partial charge in [-0.05, 0) is 31.0 Å². The molecule has 0 amide bonds. The largest absolute Gasteiger partial charge is 0.369 e. The average molecular weight is 289 g/mol. The van der Waals surface area contributed by atoms with E-state index in [1.54, 1.807) is 0 Å². The van der Waals surface area contributed by atoms with Gasteiger partial charge in [0.2, 0.25) is 0 Å². The molecule has 1 aliphatic heterocycles.